The first-order valence-corrected chi connectivity index (χ1v) is 2.71. The Hall–Kier alpha value is 0.590. The highest BCUT2D eigenvalue weighted by Gasteiger charge is 2.51. The van der Waals surface area contributed by atoms with E-state index in [1.54, 1.807) is 0 Å². The molecule has 0 amide bonds. The summed E-state index contributed by atoms with van der Waals surface area (Å²) in [6.45, 7) is 0. The van der Waals surface area contributed by atoms with E-state index in [-0.39, 0.29) is 0 Å². The van der Waals surface area contributed by atoms with Gasteiger partial charge in [0.05, 0.1) is 0 Å². The minimum atomic E-state index is -4.23. The van der Waals surface area contributed by atoms with Gasteiger partial charge in [-0.05, 0) is 11.6 Å². The van der Waals surface area contributed by atoms with Crippen molar-refractivity contribution in [1.29, 1.82) is 0 Å². The maximum atomic E-state index is 11.5. The van der Waals surface area contributed by atoms with Gasteiger partial charge >= 0.3 is 9.97 Å². The average molecular weight is 218 g/mol. The summed E-state index contributed by atoms with van der Waals surface area (Å²) in [4.78, 5) is 0. The molecule has 0 bridgehead atoms. The molecule has 0 atom stereocenters. The molecular formula is C3Cl3F4. The molecule has 0 aliphatic carbocycles. The number of hydrogen-bond acceptors (Lipinski definition) is 0. The minimum Gasteiger partial charge on any atom is -0.232 e. The summed E-state index contributed by atoms with van der Waals surface area (Å²) >= 11 is 12.5. The summed E-state index contributed by atoms with van der Waals surface area (Å²) in [6, 6.07) is 0. The van der Waals surface area contributed by atoms with Crippen molar-refractivity contribution in [2.24, 2.45) is 0 Å². The Bertz CT molecular complexity index is 70.7. The van der Waals surface area contributed by atoms with Crippen molar-refractivity contribution in [2.45, 2.75) is 9.97 Å². The Morgan fingerprint density at radius 3 is 1.00 bits per heavy atom. The Morgan fingerprint density at radius 2 is 1.00 bits per heavy atom. The van der Waals surface area contributed by atoms with Gasteiger partial charge in [0, 0.05) is 0 Å². The van der Waals surface area contributed by atoms with Gasteiger partial charge in [-0.3, -0.25) is 0 Å². The molecule has 3 radical (unpaired) electrons. The van der Waals surface area contributed by atoms with E-state index in [9.17, 15) is 13.2 Å². The van der Waals surface area contributed by atoms with Gasteiger partial charge in [-0.1, -0.05) is 23.2 Å². The quantitative estimate of drug-likeness (QED) is 0.467. The molecule has 0 saturated heterocycles. The van der Waals surface area contributed by atoms with Crippen LogP contribution in [0.25, 0.3) is 0 Å². The number of hydrogen-bond donors (Lipinski definition) is 0. The largest absolute Gasteiger partial charge is 0.383 e. The summed E-state index contributed by atoms with van der Waals surface area (Å²) in [7, 11) is 4.25. The topological polar surface area (TPSA) is 0 Å². The second-order valence-corrected chi connectivity index (χ2v) is 2.71. The van der Waals surface area contributed by atoms with Crippen molar-refractivity contribution >= 4 is 34.8 Å². The van der Waals surface area contributed by atoms with Crippen molar-refractivity contribution < 1.29 is 17.6 Å². The first-order chi connectivity index (χ1) is 4.25. The molecular weight excluding hydrogens is 218 g/mol. The van der Waals surface area contributed by atoms with Crippen LogP contribution in [0.1, 0.15) is 0 Å². The van der Waals surface area contributed by atoms with E-state index in [0.29, 0.717) is 0 Å². The van der Waals surface area contributed by atoms with Crippen LogP contribution in [0.15, 0.2) is 0 Å². The molecule has 0 aromatic carbocycles. The molecule has 0 aromatic heterocycles. The molecule has 0 spiro atoms. The third kappa shape index (κ3) is 5.38. The van der Waals surface area contributed by atoms with Gasteiger partial charge in [-0.25, -0.2) is 4.39 Å². The normalized spacial score (nSPS) is 12.0. The lowest BCUT2D eigenvalue weighted by Gasteiger charge is -2.13. The summed E-state index contributed by atoms with van der Waals surface area (Å²) in [5.41, 5.74) is 0. The summed E-state index contributed by atoms with van der Waals surface area (Å²) < 4.78 is 39.3. The van der Waals surface area contributed by atoms with Crippen molar-refractivity contribution in [1.82, 2.24) is 0 Å². The molecule has 0 heterocycles. The Balaban J connectivity index is 0. The average Bonchev–Trinajstić information content (AvgIpc) is 1.66. The van der Waals surface area contributed by atoms with Gasteiger partial charge in [0.2, 0.25) is 7.18 Å². The van der Waals surface area contributed by atoms with E-state index < -0.39 is 9.97 Å². The van der Waals surface area contributed by atoms with Gasteiger partial charge < -0.3 is 0 Å². The molecule has 0 unspecified atom stereocenters. The predicted octanol–water partition coefficient (Wildman–Crippen LogP) is 3.42. The van der Waals surface area contributed by atoms with Crippen molar-refractivity contribution in [3.8, 4) is 0 Å². The van der Waals surface area contributed by atoms with Crippen LogP contribution in [0.5, 0.6) is 0 Å². The lowest BCUT2D eigenvalue weighted by atomic mass is 10.8. The van der Waals surface area contributed by atoms with Gasteiger partial charge in [0.1, 0.15) is 0 Å². The molecule has 0 rings (SSSR count). The maximum absolute atomic E-state index is 11.5. The second-order valence-electron chi connectivity index (χ2n) is 0.996. The summed E-state index contributed by atoms with van der Waals surface area (Å²) in [5, 5.41) is -4.23. The minimum absolute atomic E-state index is 3.69. The molecule has 0 N–H and O–H groups in total. The molecule has 0 fully saturated rings. The highest BCUT2D eigenvalue weighted by atomic mass is 35.5. The van der Waals surface area contributed by atoms with E-state index in [2.05, 4.69) is 42.0 Å². The molecule has 0 aromatic rings. The van der Waals surface area contributed by atoms with Crippen LogP contribution in [0.3, 0.4) is 0 Å². The number of rotatable bonds is 1. The van der Waals surface area contributed by atoms with Gasteiger partial charge in [0.25, 0.3) is 0 Å². The van der Waals surface area contributed by atoms with Crippen LogP contribution in [0.4, 0.5) is 17.6 Å². The second kappa shape index (κ2) is 4.46. The fourth-order valence-corrected chi connectivity index (χ4v) is 0. The lowest BCUT2D eigenvalue weighted by molar-refractivity contribution is 0.0241. The van der Waals surface area contributed by atoms with Crippen LogP contribution in [-0.4, -0.2) is 9.97 Å². The first kappa shape index (κ1) is 13.2. The van der Waals surface area contributed by atoms with E-state index in [0.717, 1.165) is 0 Å². The highest BCUT2D eigenvalue weighted by Crippen LogP contribution is 2.42. The van der Waals surface area contributed by atoms with E-state index in [1.165, 1.54) is 0 Å². The number of halogens is 7. The van der Waals surface area contributed by atoms with Crippen LogP contribution < -0.4 is 0 Å². The Kier molecular flexibility index (Phi) is 5.89. The van der Waals surface area contributed by atoms with Crippen LogP contribution in [-0.2, 0) is 0 Å². The van der Waals surface area contributed by atoms with E-state index in [1.807, 2.05) is 0 Å². The smallest absolute Gasteiger partial charge is 0.232 e. The summed E-state index contributed by atoms with van der Waals surface area (Å²) in [5.74, 6) is 0. The van der Waals surface area contributed by atoms with Gasteiger partial charge in [-0.15, -0.1) is 0 Å². The molecule has 0 aliphatic heterocycles. The molecule has 0 nitrogen and oxygen atoms in total. The van der Waals surface area contributed by atoms with Crippen LogP contribution in [0, 0.1) is 7.18 Å². The maximum Gasteiger partial charge on any atom is 0.383 e. The first-order valence-electron chi connectivity index (χ1n) is 1.57. The molecule has 0 saturated carbocycles. The Morgan fingerprint density at radius 1 is 0.900 bits per heavy atom. The van der Waals surface area contributed by atoms with Crippen molar-refractivity contribution in [3.63, 3.8) is 0 Å². The molecule has 10 heavy (non-hydrogen) atoms. The van der Waals surface area contributed by atoms with E-state index in [4.69, 9.17) is 4.39 Å². The zero-order valence-electron chi connectivity index (χ0n) is 4.15. The van der Waals surface area contributed by atoms with Crippen molar-refractivity contribution in [2.75, 3.05) is 0 Å². The highest BCUT2D eigenvalue weighted by molar-refractivity contribution is 6.51. The lowest BCUT2D eigenvalue weighted by Crippen LogP contribution is -2.27. The summed E-state index contributed by atoms with van der Waals surface area (Å²) in [6.07, 6.45) is 0. The van der Waals surface area contributed by atoms with E-state index >= 15 is 0 Å². The SMILES string of the molecule is FC(F)(Cl)C(F)(Cl)Cl.[C]F. The Labute approximate surface area is 70.0 Å². The predicted molar refractivity (Wildman–Crippen MR) is 30.7 cm³/mol. The van der Waals surface area contributed by atoms with Gasteiger partial charge in [-0.2, -0.15) is 13.2 Å². The monoisotopic (exact) mass is 217 g/mol. The third-order valence-electron chi connectivity index (χ3n) is 0.321. The standard InChI is InChI=1S/C2Cl3F3.CF/c3-1(4,6)2(5,7)8;1-2. The fourth-order valence-electron chi connectivity index (χ4n) is 0. The number of alkyl halides is 6. The van der Waals surface area contributed by atoms with Gasteiger partial charge in [0.15, 0.2) is 0 Å². The van der Waals surface area contributed by atoms with Crippen LogP contribution in [0.2, 0.25) is 0 Å². The third-order valence-corrected chi connectivity index (χ3v) is 1.25. The molecule has 0 aliphatic rings. The fraction of sp³-hybridized carbons (Fsp3) is 0.667. The zero-order chi connectivity index (χ0) is 9.00. The zero-order valence-corrected chi connectivity index (χ0v) is 6.41. The molecule has 7 heteroatoms. The molecule has 61 valence electrons. The van der Waals surface area contributed by atoms with Crippen LogP contribution >= 0.6 is 34.8 Å². The van der Waals surface area contributed by atoms with Crippen molar-refractivity contribution in [3.05, 3.63) is 7.18 Å².